The average Bonchev–Trinajstić information content (AvgIpc) is 2.59. The molecular weight excluding hydrogens is 292 g/mol. The first kappa shape index (κ1) is 17.9. The van der Waals surface area contributed by atoms with Gasteiger partial charge >= 0.3 is 0 Å². The van der Waals surface area contributed by atoms with Crippen LogP contribution in [0, 0.1) is 0 Å². The van der Waals surface area contributed by atoms with Crippen molar-refractivity contribution >= 4 is 17.5 Å². The van der Waals surface area contributed by atoms with E-state index in [-0.39, 0.29) is 0 Å². The van der Waals surface area contributed by atoms with Gasteiger partial charge in [0.05, 0.1) is 0 Å². The van der Waals surface area contributed by atoms with Gasteiger partial charge in [-0.2, -0.15) is 0 Å². The summed E-state index contributed by atoms with van der Waals surface area (Å²) >= 11 is 0. The zero-order chi connectivity index (χ0) is 17.5. The van der Waals surface area contributed by atoms with E-state index in [2.05, 4.69) is 105 Å². The maximum atomic E-state index is 4.05. The van der Waals surface area contributed by atoms with Crippen molar-refractivity contribution in [1.82, 2.24) is 0 Å². The molecule has 1 unspecified atom stereocenters. The Kier molecular flexibility index (Phi) is 6.25. The molecule has 0 spiro atoms. The van der Waals surface area contributed by atoms with E-state index in [0.29, 0.717) is 5.92 Å². The minimum atomic E-state index is 0.311. The lowest BCUT2D eigenvalue weighted by molar-refractivity contribution is 0.861. The van der Waals surface area contributed by atoms with Crippen LogP contribution in [0.3, 0.4) is 0 Å². The van der Waals surface area contributed by atoms with Crippen molar-refractivity contribution in [1.29, 1.82) is 0 Å². The van der Waals surface area contributed by atoms with Gasteiger partial charge in [0.15, 0.2) is 0 Å². The van der Waals surface area contributed by atoms with Gasteiger partial charge in [-0.05, 0) is 29.7 Å². The van der Waals surface area contributed by atoms with E-state index >= 15 is 0 Å². The smallest absolute Gasteiger partial charge is 0.0434 e. The van der Waals surface area contributed by atoms with Gasteiger partial charge in [-0.25, -0.2) is 0 Å². The molecule has 0 aliphatic heterocycles. The molecule has 0 N–H and O–H groups in total. The molecule has 0 heterocycles. The quantitative estimate of drug-likeness (QED) is 0.648. The first-order valence-electron chi connectivity index (χ1n) is 8.36. The molecule has 2 aromatic carbocycles. The summed E-state index contributed by atoms with van der Waals surface area (Å²) in [5, 5.41) is 0. The van der Waals surface area contributed by atoms with Gasteiger partial charge in [-0.1, -0.05) is 54.6 Å². The third-order valence-corrected chi connectivity index (χ3v) is 4.21. The summed E-state index contributed by atoms with van der Waals surface area (Å²) in [6.07, 6.45) is 7.45. The molecule has 24 heavy (non-hydrogen) atoms. The second-order valence-electron chi connectivity index (χ2n) is 6.39. The van der Waals surface area contributed by atoms with Crippen LogP contribution >= 0.6 is 0 Å². The van der Waals surface area contributed by atoms with Gasteiger partial charge in [0.2, 0.25) is 0 Å². The van der Waals surface area contributed by atoms with Crippen molar-refractivity contribution in [2.45, 2.75) is 12.3 Å². The molecule has 0 fully saturated rings. The number of hydrogen-bond acceptors (Lipinski definition) is 2. The van der Waals surface area contributed by atoms with Gasteiger partial charge in [0.1, 0.15) is 0 Å². The molecule has 0 amide bonds. The Morgan fingerprint density at radius 3 is 2.08 bits per heavy atom. The summed E-state index contributed by atoms with van der Waals surface area (Å²) in [6, 6.07) is 17.0. The minimum Gasteiger partial charge on any atom is -0.377 e. The second-order valence-corrected chi connectivity index (χ2v) is 6.39. The number of rotatable bonds is 7. The lowest BCUT2D eigenvalue weighted by atomic mass is 9.93. The van der Waals surface area contributed by atoms with E-state index in [1.54, 1.807) is 0 Å². The van der Waals surface area contributed by atoms with Crippen molar-refractivity contribution < 1.29 is 0 Å². The number of hydrogen-bond donors (Lipinski definition) is 0. The summed E-state index contributed by atoms with van der Waals surface area (Å²) in [6.45, 7) is 4.05. The SMILES string of the molecule is C=CC(C/C=C/c1ccccc1N(C)C)c1ccccc1N(C)C. The van der Waals surface area contributed by atoms with E-state index < -0.39 is 0 Å². The monoisotopic (exact) mass is 320 g/mol. The predicted octanol–water partition coefficient (Wildman–Crippen LogP) is 5.19. The molecule has 0 bridgehead atoms. The molecule has 0 aliphatic rings. The number of benzene rings is 2. The Bertz CT molecular complexity index is 699. The van der Waals surface area contributed by atoms with Crippen LogP contribution in [0.2, 0.25) is 0 Å². The molecular formula is C22H28N2. The molecule has 2 heteroatoms. The summed E-state index contributed by atoms with van der Waals surface area (Å²) in [4.78, 5) is 4.31. The highest BCUT2D eigenvalue weighted by atomic mass is 15.1. The average molecular weight is 320 g/mol. The fourth-order valence-electron chi connectivity index (χ4n) is 2.94. The zero-order valence-corrected chi connectivity index (χ0v) is 15.2. The van der Waals surface area contributed by atoms with Crippen molar-refractivity contribution in [3.05, 3.63) is 78.4 Å². The molecule has 0 saturated carbocycles. The summed E-state index contributed by atoms with van der Waals surface area (Å²) < 4.78 is 0. The van der Waals surface area contributed by atoms with Gasteiger partial charge in [-0.3, -0.25) is 0 Å². The first-order valence-corrected chi connectivity index (χ1v) is 8.36. The number of anilines is 2. The van der Waals surface area contributed by atoms with Crippen molar-refractivity contribution in [3.63, 3.8) is 0 Å². The molecule has 0 radical (unpaired) electrons. The maximum absolute atomic E-state index is 4.05. The summed E-state index contributed by atoms with van der Waals surface area (Å²) in [5.41, 5.74) is 5.05. The van der Waals surface area contributed by atoms with Crippen LogP contribution in [0.5, 0.6) is 0 Å². The van der Waals surface area contributed by atoms with Crippen LogP contribution < -0.4 is 9.80 Å². The van der Waals surface area contributed by atoms with Crippen LogP contribution in [0.4, 0.5) is 11.4 Å². The van der Waals surface area contributed by atoms with Gasteiger partial charge in [-0.15, -0.1) is 6.58 Å². The molecule has 0 aliphatic carbocycles. The second kappa shape index (κ2) is 8.39. The highest BCUT2D eigenvalue weighted by molar-refractivity contribution is 5.67. The summed E-state index contributed by atoms with van der Waals surface area (Å²) in [7, 11) is 8.32. The molecule has 2 rings (SSSR count). The minimum absolute atomic E-state index is 0.311. The van der Waals surface area contributed by atoms with Crippen LogP contribution in [0.15, 0.2) is 67.3 Å². The van der Waals surface area contributed by atoms with E-state index in [0.717, 1.165) is 6.42 Å². The Hall–Kier alpha value is -2.48. The first-order chi connectivity index (χ1) is 11.5. The van der Waals surface area contributed by atoms with E-state index in [9.17, 15) is 0 Å². The summed E-state index contributed by atoms with van der Waals surface area (Å²) in [5.74, 6) is 0.311. The lowest BCUT2D eigenvalue weighted by Gasteiger charge is -2.21. The van der Waals surface area contributed by atoms with Crippen LogP contribution in [-0.4, -0.2) is 28.2 Å². The van der Waals surface area contributed by atoms with E-state index in [1.807, 2.05) is 6.08 Å². The Balaban J connectivity index is 2.20. The van der Waals surface area contributed by atoms with Crippen LogP contribution in [-0.2, 0) is 0 Å². The molecule has 0 saturated heterocycles. The molecule has 126 valence electrons. The van der Waals surface area contributed by atoms with E-state index in [4.69, 9.17) is 0 Å². The fourth-order valence-corrected chi connectivity index (χ4v) is 2.94. The van der Waals surface area contributed by atoms with E-state index in [1.165, 1.54) is 22.5 Å². The normalized spacial score (nSPS) is 12.2. The fraction of sp³-hybridized carbons (Fsp3) is 0.273. The molecule has 0 aromatic heterocycles. The van der Waals surface area contributed by atoms with Crippen LogP contribution in [0.25, 0.3) is 6.08 Å². The topological polar surface area (TPSA) is 6.48 Å². The lowest BCUT2D eigenvalue weighted by Crippen LogP contribution is -2.12. The molecule has 2 nitrogen and oxygen atoms in total. The zero-order valence-electron chi connectivity index (χ0n) is 15.2. The number of nitrogens with zero attached hydrogens (tertiary/aromatic N) is 2. The largest absolute Gasteiger partial charge is 0.377 e. The van der Waals surface area contributed by atoms with Gasteiger partial charge in [0, 0.05) is 45.5 Å². The van der Waals surface area contributed by atoms with Crippen LogP contribution in [0.1, 0.15) is 23.5 Å². The Labute approximate surface area is 146 Å². The number of allylic oxidation sites excluding steroid dienone is 2. The highest BCUT2D eigenvalue weighted by Gasteiger charge is 2.11. The third kappa shape index (κ3) is 4.29. The highest BCUT2D eigenvalue weighted by Crippen LogP contribution is 2.30. The van der Waals surface area contributed by atoms with Gasteiger partial charge < -0.3 is 9.80 Å². The van der Waals surface area contributed by atoms with Gasteiger partial charge in [0.25, 0.3) is 0 Å². The molecule has 1 atom stereocenters. The maximum Gasteiger partial charge on any atom is 0.0434 e. The number of para-hydroxylation sites is 2. The Morgan fingerprint density at radius 2 is 1.46 bits per heavy atom. The van der Waals surface area contributed by atoms with Crippen molar-refractivity contribution in [2.75, 3.05) is 38.0 Å². The van der Waals surface area contributed by atoms with Crippen molar-refractivity contribution in [2.24, 2.45) is 0 Å². The predicted molar refractivity (Wildman–Crippen MR) is 108 cm³/mol. The van der Waals surface area contributed by atoms with Crippen molar-refractivity contribution in [3.8, 4) is 0 Å². The standard InChI is InChI=1S/C22H28N2/c1-6-18(20-15-8-10-17-22(20)24(4)5)13-11-14-19-12-7-9-16-21(19)23(2)3/h6-12,14-18H,1,13H2,2-5H3/b14-11+. The Morgan fingerprint density at radius 1 is 0.875 bits per heavy atom. The third-order valence-electron chi connectivity index (χ3n) is 4.21. The molecule has 2 aromatic rings.